The van der Waals surface area contributed by atoms with Gasteiger partial charge in [0.05, 0.1) is 28.0 Å². The molecule has 0 radical (unpaired) electrons. The summed E-state index contributed by atoms with van der Waals surface area (Å²) in [6.45, 7) is 0. The van der Waals surface area contributed by atoms with Crippen LogP contribution < -0.4 is 10.6 Å². The summed E-state index contributed by atoms with van der Waals surface area (Å²) in [4.78, 5) is 25.0. The molecule has 4 rings (SSSR count). The summed E-state index contributed by atoms with van der Waals surface area (Å²) in [5.41, 5.74) is 6.22. The normalized spacial score (nSPS) is 18.8. The smallest absolute Gasteiger partial charge is 0.384 e. The third-order valence-electron chi connectivity index (χ3n) is 5.76. The number of benzene rings is 2. The monoisotopic (exact) mass is 454 g/mol. The molecule has 0 aromatic heterocycles. The molecule has 1 heterocycles. The van der Waals surface area contributed by atoms with Crippen LogP contribution in [0.4, 0.5) is 24.5 Å². The van der Waals surface area contributed by atoms with Crippen LogP contribution in [-0.4, -0.2) is 10.7 Å². The Morgan fingerprint density at radius 3 is 2.55 bits per heavy atom. The number of nitro benzene ring substituents is 1. The minimum Gasteiger partial charge on any atom is -0.384 e. The Labute approximate surface area is 186 Å². The van der Waals surface area contributed by atoms with E-state index in [0.717, 1.165) is 12.1 Å². The summed E-state index contributed by atoms with van der Waals surface area (Å²) < 4.78 is 40.0. The summed E-state index contributed by atoms with van der Waals surface area (Å²) in [7, 11) is 0. The first-order chi connectivity index (χ1) is 15.6. The van der Waals surface area contributed by atoms with Crippen LogP contribution in [0.25, 0.3) is 0 Å². The van der Waals surface area contributed by atoms with Crippen LogP contribution in [0.15, 0.2) is 71.2 Å². The van der Waals surface area contributed by atoms with Crippen LogP contribution in [0.1, 0.15) is 36.3 Å². The fourth-order valence-corrected chi connectivity index (χ4v) is 4.35. The highest BCUT2D eigenvalue weighted by molar-refractivity contribution is 6.01. The molecular formula is C23H17F3N4O3. The van der Waals surface area contributed by atoms with E-state index in [9.17, 15) is 33.3 Å². The maximum Gasteiger partial charge on any atom is 0.416 e. The van der Waals surface area contributed by atoms with Crippen molar-refractivity contribution in [1.82, 2.24) is 0 Å². The Morgan fingerprint density at radius 1 is 1.15 bits per heavy atom. The molecule has 0 bridgehead atoms. The fourth-order valence-electron chi connectivity index (χ4n) is 4.35. The van der Waals surface area contributed by atoms with Gasteiger partial charge in [-0.15, -0.1) is 0 Å². The number of ketones is 1. The Morgan fingerprint density at radius 2 is 1.88 bits per heavy atom. The molecule has 168 valence electrons. The maximum absolute atomic E-state index is 13.3. The number of carbonyl (C=O) groups excluding carboxylic acids is 1. The lowest BCUT2D eigenvalue weighted by Crippen LogP contribution is -2.38. The predicted octanol–water partition coefficient (Wildman–Crippen LogP) is 4.92. The van der Waals surface area contributed by atoms with Crippen molar-refractivity contribution < 1.29 is 22.9 Å². The first kappa shape index (κ1) is 22.1. The zero-order valence-corrected chi connectivity index (χ0v) is 17.1. The van der Waals surface area contributed by atoms with Gasteiger partial charge in [-0.3, -0.25) is 19.8 Å². The minimum absolute atomic E-state index is 0.0538. The van der Waals surface area contributed by atoms with E-state index >= 15 is 0 Å². The van der Waals surface area contributed by atoms with E-state index in [-0.39, 0.29) is 40.5 Å². The van der Waals surface area contributed by atoms with Gasteiger partial charge in [-0.1, -0.05) is 18.2 Å². The molecule has 33 heavy (non-hydrogen) atoms. The highest BCUT2D eigenvalue weighted by atomic mass is 19.4. The SMILES string of the molecule is N#CC1=C(N)N(c2cccc(C(F)(F)F)c2)C2=C(C(=O)CCC2)[C@@H]1c1cccc([N+](=O)[O-])c1. The van der Waals surface area contributed by atoms with Gasteiger partial charge in [-0.05, 0) is 36.6 Å². The third-order valence-corrected chi connectivity index (χ3v) is 5.76. The van der Waals surface area contributed by atoms with Crippen molar-refractivity contribution in [3.05, 3.63) is 92.4 Å². The second kappa shape index (κ2) is 8.09. The lowest BCUT2D eigenvalue weighted by Gasteiger charge is -2.39. The zero-order valence-electron chi connectivity index (χ0n) is 17.1. The van der Waals surface area contributed by atoms with Crippen molar-refractivity contribution in [2.75, 3.05) is 4.90 Å². The average molecular weight is 454 g/mol. The number of anilines is 1. The van der Waals surface area contributed by atoms with Gasteiger partial charge in [-0.2, -0.15) is 18.4 Å². The number of non-ortho nitro benzene ring substituents is 1. The van der Waals surface area contributed by atoms with Crippen LogP contribution >= 0.6 is 0 Å². The van der Waals surface area contributed by atoms with Crippen molar-refractivity contribution in [1.29, 1.82) is 5.26 Å². The number of Topliss-reactive ketones (excluding diaryl/α,β-unsaturated/α-hetero) is 1. The molecule has 1 aliphatic heterocycles. The van der Waals surface area contributed by atoms with Gasteiger partial charge < -0.3 is 5.73 Å². The van der Waals surface area contributed by atoms with Crippen molar-refractivity contribution >= 4 is 17.2 Å². The van der Waals surface area contributed by atoms with Crippen LogP contribution in [0.3, 0.4) is 0 Å². The molecule has 0 saturated heterocycles. The summed E-state index contributed by atoms with van der Waals surface area (Å²) in [6, 6.07) is 12.1. The van der Waals surface area contributed by atoms with E-state index in [2.05, 4.69) is 0 Å². The second-order valence-corrected chi connectivity index (χ2v) is 7.72. The molecule has 1 atom stereocenters. The molecule has 2 N–H and O–H groups in total. The quantitative estimate of drug-likeness (QED) is 0.520. The minimum atomic E-state index is -4.59. The Kier molecular flexibility index (Phi) is 5.41. The number of alkyl halides is 3. The lowest BCUT2D eigenvalue weighted by atomic mass is 9.75. The molecule has 0 saturated carbocycles. The van der Waals surface area contributed by atoms with Crippen molar-refractivity contribution in [3.63, 3.8) is 0 Å². The summed E-state index contributed by atoms with van der Waals surface area (Å²) in [5, 5.41) is 21.2. The van der Waals surface area contributed by atoms with Gasteiger partial charge in [0, 0.05) is 35.5 Å². The summed E-state index contributed by atoms with van der Waals surface area (Å²) in [6.07, 6.45) is -3.58. The molecule has 10 heteroatoms. The summed E-state index contributed by atoms with van der Waals surface area (Å²) >= 11 is 0. The van der Waals surface area contributed by atoms with Gasteiger partial charge in [0.25, 0.3) is 5.69 Å². The Balaban J connectivity index is 1.96. The van der Waals surface area contributed by atoms with Crippen LogP contribution in [0, 0.1) is 21.4 Å². The van der Waals surface area contributed by atoms with Crippen LogP contribution in [0.2, 0.25) is 0 Å². The largest absolute Gasteiger partial charge is 0.416 e. The van der Waals surface area contributed by atoms with Crippen molar-refractivity contribution in [3.8, 4) is 6.07 Å². The molecule has 2 aromatic carbocycles. The topological polar surface area (TPSA) is 113 Å². The molecule has 0 spiro atoms. The second-order valence-electron chi connectivity index (χ2n) is 7.72. The van der Waals surface area contributed by atoms with Crippen molar-refractivity contribution in [2.24, 2.45) is 5.73 Å². The number of nitrogens with zero attached hydrogens (tertiary/aromatic N) is 3. The maximum atomic E-state index is 13.3. The number of nitro groups is 1. The number of nitrogens with two attached hydrogens (primary N) is 1. The molecule has 2 aromatic rings. The van der Waals surface area contributed by atoms with Gasteiger partial charge in [-0.25, -0.2) is 0 Å². The Hall–Kier alpha value is -4.13. The first-order valence-corrected chi connectivity index (χ1v) is 10.0. The zero-order chi connectivity index (χ0) is 23.9. The number of halogens is 3. The standard InChI is InChI=1S/C23H17F3N4O3/c24-23(25,26)14-5-2-6-15(11-14)29-18-8-3-9-19(31)21(18)20(17(12-27)22(29)28)13-4-1-7-16(10-13)30(32)33/h1-2,4-7,10-11,20H,3,8-9,28H2/t20-/m1/s1. The predicted molar refractivity (Wildman–Crippen MR) is 112 cm³/mol. The van der Waals surface area contributed by atoms with Gasteiger partial charge in [0.2, 0.25) is 0 Å². The number of hydrogen-bond donors (Lipinski definition) is 1. The molecule has 1 aliphatic carbocycles. The van der Waals surface area contributed by atoms with Crippen LogP contribution in [0.5, 0.6) is 0 Å². The van der Waals surface area contributed by atoms with E-state index in [1.807, 2.05) is 6.07 Å². The Bertz CT molecular complexity index is 1270. The van der Waals surface area contributed by atoms with E-state index in [1.165, 1.54) is 35.2 Å². The van der Waals surface area contributed by atoms with Gasteiger partial charge >= 0.3 is 6.18 Å². The number of carbonyl (C=O) groups is 1. The van der Waals surface area contributed by atoms with Crippen molar-refractivity contribution in [2.45, 2.75) is 31.4 Å². The number of hydrogen-bond acceptors (Lipinski definition) is 6. The molecule has 0 fully saturated rings. The average Bonchev–Trinajstić information content (AvgIpc) is 2.78. The van der Waals surface area contributed by atoms with Gasteiger partial charge in [0.15, 0.2) is 5.78 Å². The number of nitriles is 1. The molecular weight excluding hydrogens is 437 g/mol. The molecule has 2 aliphatic rings. The highest BCUT2D eigenvalue weighted by Gasteiger charge is 2.41. The lowest BCUT2D eigenvalue weighted by molar-refractivity contribution is -0.384. The number of allylic oxidation sites excluding steroid dienone is 3. The van der Waals surface area contributed by atoms with E-state index in [0.29, 0.717) is 24.1 Å². The van der Waals surface area contributed by atoms with Gasteiger partial charge in [0.1, 0.15) is 5.82 Å². The van der Waals surface area contributed by atoms with E-state index < -0.39 is 22.6 Å². The van der Waals surface area contributed by atoms with E-state index in [4.69, 9.17) is 5.73 Å². The highest BCUT2D eigenvalue weighted by Crippen LogP contribution is 2.47. The van der Waals surface area contributed by atoms with Crippen LogP contribution in [-0.2, 0) is 11.0 Å². The third kappa shape index (κ3) is 3.82. The molecule has 7 nitrogen and oxygen atoms in total. The number of rotatable bonds is 3. The summed E-state index contributed by atoms with van der Waals surface area (Å²) in [5.74, 6) is -1.33. The van der Waals surface area contributed by atoms with E-state index in [1.54, 1.807) is 6.07 Å². The molecule has 0 unspecified atom stereocenters. The molecule has 0 amide bonds. The first-order valence-electron chi connectivity index (χ1n) is 10.0. The fraction of sp³-hybridized carbons (Fsp3) is 0.217.